The molecule has 6 nitrogen and oxygen atoms in total. The molecule has 1 unspecified atom stereocenters. The first-order valence-electron chi connectivity index (χ1n) is 6.34. The second kappa shape index (κ2) is 4.56. The molecule has 2 heterocycles. The summed E-state index contributed by atoms with van der Waals surface area (Å²) in [4.78, 5) is 47.7. The molecule has 2 aliphatic rings. The normalized spacial score (nSPS) is 21.7. The van der Waals surface area contributed by atoms with E-state index in [-0.39, 0.29) is 24.7 Å². The Labute approximate surface area is 114 Å². The van der Waals surface area contributed by atoms with Gasteiger partial charge in [-0.1, -0.05) is 12.1 Å². The molecule has 1 N–H and O–H groups in total. The Balaban J connectivity index is 2.00. The Morgan fingerprint density at radius 3 is 2.75 bits per heavy atom. The molecule has 20 heavy (non-hydrogen) atoms. The second-order valence-electron chi connectivity index (χ2n) is 4.87. The maximum atomic E-state index is 12.2. The van der Waals surface area contributed by atoms with Gasteiger partial charge in [-0.3, -0.25) is 29.4 Å². The highest BCUT2D eigenvalue weighted by Crippen LogP contribution is 2.34. The quantitative estimate of drug-likeness (QED) is 0.615. The smallest absolute Gasteiger partial charge is 0.249 e. The van der Waals surface area contributed by atoms with E-state index in [1.165, 1.54) is 4.90 Å². The van der Waals surface area contributed by atoms with Crippen molar-refractivity contribution >= 4 is 29.7 Å². The summed E-state index contributed by atoms with van der Waals surface area (Å²) < 4.78 is 0. The minimum absolute atomic E-state index is 0.113. The minimum Gasteiger partial charge on any atom is -0.299 e. The van der Waals surface area contributed by atoms with Crippen molar-refractivity contribution in [2.24, 2.45) is 0 Å². The van der Waals surface area contributed by atoms with Crippen LogP contribution in [0.5, 0.6) is 0 Å². The molecule has 6 heteroatoms. The third kappa shape index (κ3) is 1.80. The number of hydrogen-bond acceptors (Lipinski definition) is 4. The number of amides is 3. The van der Waals surface area contributed by atoms with Gasteiger partial charge in [0.25, 0.3) is 0 Å². The maximum Gasteiger partial charge on any atom is 0.249 e. The predicted octanol–water partition coefficient (Wildman–Crippen LogP) is 0.193. The van der Waals surface area contributed by atoms with Gasteiger partial charge in [-0.25, -0.2) is 0 Å². The van der Waals surface area contributed by atoms with Gasteiger partial charge in [-0.2, -0.15) is 0 Å². The van der Waals surface area contributed by atoms with Gasteiger partial charge in [-0.05, 0) is 18.1 Å². The van der Waals surface area contributed by atoms with E-state index >= 15 is 0 Å². The number of imide groups is 1. The number of benzene rings is 1. The molecular formula is C14H12N2O4. The molecule has 0 aliphatic carbocycles. The van der Waals surface area contributed by atoms with Gasteiger partial charge < -0.3 is 0 Å². The van der Waals surface area contributed by atoms with E-state index in [4.69, 9.17) is 0 Å². The topological polar surface area (TPSA) is 83.6 Å². The van der Waals surface area contributed by atoms with E-state index < -0.39 is 11.9 Å². The Kier molecular flexibility index (Phi) is 2.85. The van der Waals surface area contributed by atoms with Gasteiger partial charge in [0, 0.05) is 17.7 Å². The van der Waals surface area contributed by atoms with Crippen molar-refractivity contribution < 1.29 is 19.2 Å². The number of nitrogens with one attached hydrogen (secondary N) is 1. The lowest BCUT2D eigenvalue weighted by Crippen LogP contribution is -2.53. The van der Waals surface area contributed by atoms with Gasteiger partial charge >= 0.3 is 0 Å². The average Bonchev–Trinajstić information content (AvgIpc) is 2.75. The van der Waals surface area contributed by atoms with Crippen molar-refractivity contribution in [3.05, 3.63) is 29.3 Å². The van der Waals surface area contributed by atoms with Gasteiger partial charge in [0.2, 0.25) is 17.7 Å². The molecule has 1 atom stereocenters. The molecule has 1 fully saturated rings. The summed E-state index contributed by atoms with van der Waals surface area (Å²) in [5, 5.41) is 2.24. The van der Waals surface area contributed by atoms with Crippen molar-refractivity contribution in [2.75, 3.05) is 4.90 Å². The Hall–Kier alpha value is -2.50. The molecule has 0 bridgehead atoms. The summed E-state index contributed by atoms with van der Waals surface area (Å²) in [5.74, 6) is -0.998. The number of rotatable bonds is 2. The fraction of sp³-hybridized carbons (Fsp3) is 0.286. The molecule has 1 aromatic carbocycles. The summed E-state index contributed by atoms with van der Waals surface area (Å²) >= 11 is 0. The highest BCUT2D eigenvalue weighted by Gasteiger charge is 2.40. The summed E-state index contributed by atoms with van der Waals surface area (Å²) in [5.41, 5.74) is 1.71. The second-order valence-corrected chi connectivity index (χ2v) is 4.87. The van der Waals surface area contributed by atoms with E-state index in [1.54, 1.807) is 18.2 Å². The largest absolute Gasteiger partial charge is 0.299 e. The van der Waals surface area contributed by atoms with Gasteiger partial charge in [-0.15, -0.1) is 0 Å². The maximum absolute atomic E-state index is 12.2. The fourth-order valence-corrected chi connectivity index (χ4v) is 2.76. The molecule has 1 aromatic rings. The number of hydrogen-bond donors (Lipinski definition) is 1. The monoisotopic (exact) mass is 272 g/mol. The van der Waals surface area contributed by atoms with Crippen LogP contribution in [0, 0.1) is 0 Å². The van der Waals surface area contributed by atoms with Crippen LogP contribution in [-0.2, 0) is 20.8 Å². The van der Waals surface area contributed by atoms with Crippen LogP contribution < -0.4 is 10.2 Å². The number of carbonyl (C=O) groups is 4. The first-order valence-corrected chi connectivity index (χ1v) is 6.34. The number of aldehydes is 1. The molecular weight excluding hydrogens is 260 g/mol. The zero-order valence-corrected chi connectivity index (χ0v) is 10.6. The highest BCUT2D eigenvalue weighted by molar-refractivity contribution is 6.11. The third-order valence-corrected chi connectivity index (χ3v) is 3.69. The molecule has 0 aromatic heterocycles. The molecule has 0 saturated carbocycles. The van der Waals surface area contributed by atoms with Gasteiger partial charge in [0.15, 0.2) is 0 Å². The first-order chi connectivity index (χ1) is 9.61. The Morgan fingerprint density at radius 2 is 2.05 bits per heavy atom. The summed E-state index contributed by atoms with van der Waals surface area (Å²) in [7, 11) is 0. The third-order valence-electron chi connectivity index (χ3n) is 3.69. The lowest BCUT2D eigenvalue weighted by Gasteiger charge is -2.30. The molecule has 1 saturated heterocycles. The number of nitrogens with zero attached hydrogens (tertiary/aromatic N) is 1. The van der Waals surface area contributed by atoms with Crippen LogP contribution in [0.15, 0.2) is 18.2 Å². The number of piperidine rings is 1. The lowest BCUT2D eigenvalue weighted by molar-refractivity contribution is -0.135. The summed E-state index contributed by atoms with van der Waals surface area (Å²) in [6.45, 7) is 0. The van der Waals surface area contributed by atoms with E-state index in [1.807, 2.05) is 0 Å². The minimum atomic E-state index is -0.677. The van der Waals surface area contributed by atoms with Crippen molar-refractivity contribution in [1.29, 1.82) is 0 Å². The summed E-state index contributed by atoms with van der Waals surface area (Å²) in [6.07, 6.45) is 1.34. The van der Waals surface area contributed by atoms with Crippen LogP contribution in [0.4, 0.5) is 5.69 Å². The Morgan fingerprint density at radius 1 is 1.25 bits per heavy atom. The fourth-order valence-electron chi connectivity index (χ4n) is 2.76. The van der Waals surface area contributed by atoms with Crippen LogP contribution in [0.3, 0.4) is 0 Å². The molecule has 3 rings (SSSR count). The van der Waals surface area contributed by atoms with Crippen LogP contribution >= 0.6 is 0 Å². The lowest BCUT2D eigenvalue weighted by atomic mass is 10.0. The standard InChI is InChI=1S/C14H12N2O4/c17-7-8-2-1-3-10-9(8)6-13(19)16(10)11-4-5-12(18)15-14(11)20/h1-3,7,11H,4-6H2,(H,15,18,20). The van der Waals surface area contributed by atoms with Crippen LogP contribution in [0.1, 0.15) is 28.8 Å². The van der Waals surface area contributed by atoms with Crippen LogP contribution in [-0.4, -0.2) is 30.0 Å². The van der Waals surface area contributed by atoms with Crippen LogP contribution in [0.2, 0.25) is 0 Å². The highest BCUT2D eigenvalue weighted by atomic mass is 16.2. The van der Waals surface area contributed by atoms with Crippen molar-refractivity contribution in [2.45, 2.75) is 25.3 Å². The Bertz CT molecular complexity index is 638. The van der Waals surface area contributed by atoms with E-state index in [0.717, 1.165) is 0 Å². The number of fused-ring (bicyclic) bond motifs is 1. The van der Waals surface area contributed by atoms with Gasteiger partial charge in [0.05, 0.1) is 6.42 Å². The van der Waals surface area contributed by atoms with Crippen molar-refractivity contribution in [3.63, 3.8) is 0 Å². The predicted molar refractivity (Wildman–Crippen MR) is 69.2 cm³/mol. The molecule has 102 valence electrons. The average molecular weight is 272 g/mol. The molecule has 2 aliphatic heterocycles. The number of carbonyl (C=O) groups excluding carboxylic acids is 4. The molecule has 0 radical (unpaired) electrons. The van der Waals surface area contributed by atoms with E-state index in [9.17, 15) is 19.2 Å². The van der Waals surface area contributed by atoms with Crippen LogP contribution in [0.25, 0.3) is 0 Å². The molecule has 0 spiro atoms. The van der Waals surface area contributed by atoms with Crippen molar-refractivity contribution in [1.82, 2.24) is 5.32 Å². The zero-order chi connectivity index (χ0) is 14.3. The molecule has 3 amide bonds. The number of anilines is 1. The van der Waals surface area contributed by atoms with E-state index in [2.05, 4.69) is 5.32 Å². The SMILES string of the molecule is O=Cc1cccc2c1CC(=O)N2C1CCC(=O)NC1=O. The zero-order valence-electron chi connectivity index (χ0n) is 10.6. The van der Waals surface area contributed by atoms with E-state index in [0.29, 0.717) is 29.5 Å². The van der Waals surface area contributed by atoms with Crippen molar-refractivity contribution in [3.8, 4) is 0 Å². The first kappa shape index (κ1) is 12.5. The van der Waals surface area contributed by atoms with Gasteiger partial charge in [0.1, 0.15) is 12.3 Å². The summed E-state index contributed by atoms with van der Waals surface area (Å²) in [6, 6.07) is 4.37.